The third kappa shape index (κ3) is 4.16. The van der Waals surface area contributed by atoms with Gasteiger partial charge in [0.2, 0.25) is 0 Å². The van der Waals surface area contributed by atoms with E-state index in [1.807, 2.05) is 26.0 Å². The summed E-state index contributed by atoms with van der Waals surface area (Å²) < 4.78 is 32.6. The number of benzene rings is 2. The van der Waals surface area contributed by atoms with Gasteiger partial charge in [0.05, 0.1) is 17.2 Å². The lowest BCUT2D eigenvalue weighted by Gasteiger charge is -2.26. The Morgan fingerprint density at radius 1 is 1.08 bits per heavy atom. The highest BCUT2D eigenvalue weighted by Crippen LogP contribution is 2.31. The lowest BCUT2D eigenvalue weighted by Crippen LogP contribution is -2.36. The molecule has 1 N–H and O–H groups in total. The Bertz CT molecular complexity index is 881. The normalized spacial score (nSPS) is 11.2. The molecule has 0 aliphatic carbocycles. The van der Waals surface area contributed by atoms with Crippen LogP contribution in [0.15, 0.2) is 41.3 Å². The van der Waals surface area contributed by atoms with Gasteiger partial charge >= 0.3 is 5.97 Å². The molecule has 0 spiro atoms. The topological polar surface area (TPSA) is 83.9 Å². The van der Waals surface area contributed by atoms with Gasteiger partial charge in [-0.25, -0.2) is 8.42 Å². The molecule has 0 aromatic heterocycles. The summed E-state index contributed by atoms with van der Waals surface area (Å²) in [6.45, 7) is 7.11. The molecular formula is C19H23NO5S. The quantitative estimate of drug-likeness (QED) is 0.800. The van der Waals surface area contributed by atoms with Crippen molar-refractivity contribution in [3.63, 3.8) is 0 Å². The summed E-state index contributed by atoms with van der Waals surface area (Å²) in [6, 6.07) is 9.65. The van der Waals surface area contributed by atoms with Gasteiger partial charge in [0.1, 0.15) is 12.3 Å². The van der Waals surface area contributed by atoms with Crippen LogP contribution in [0.1, 0.15) is 23.6 Å². The van der Waals surface area contributed by atoms with Crippen LogP contribution in [0.4, 0.5) is 5.69 Å². The predicted octanol–water partition coefficient (Wildman–Crippen LogP) is 3.29. The summed E-state index contributed by atoms with van der Waals surface area (Å²) in [6.07, 6.45) is 0. The molecule has 0 atom stereocenters. The Labute approximate surface area is 154 Å². The average Bonchev–Trinajstić information content (AvgIpc) is 2.53. The second-order valence-corrected chi connectivity index (χ2v) is 7.92. The van der Waals surface area contributed by atoms with Crippen molar-refractivity contribution in [2.45, 2.75) is 32.6 Å². The van der Waals surface area contributed by atoms with Gasteiger partial charge in [-0.05, 0) is 63.1 Å². The largest absolute Gasteiger partial charge is 0.494 e. The van der Waals surface area contributed by atoms with E-state index in [9.17, 15) is 18.3 Å². The van der Waals surface area contributed by atoms with E-state index in [2.05, 4.69) is 0 Å². The Hall–Kier alpha value is -2.54. The van der Waals surface area contributed by atoms with Gasteiger partial charge in [0.25, 0.3) is 10.0 Å². The van der Waals surface area contributed by atoms with E-state index in [-0.39, 0.29) is 4.90 Å². The van der Waals surface area contributed by atoms with Crippen LogP contribution in [-0.4, -0.2) is 32.6 Å². The van der Waals surface area contributed by atoms with Crippen LogP contribution >= 0.6 is 0 Å². The highest BCUT2D eigenvalue weighted by molar-refractivity contribution is 7.92. The van der Waals surface area contributed by atoms with E-state index >= 15 is 0 Å². The number of sulfonamides is 1. The molecule has 140 valence electrons. The molecule has 26 heavy (non-hydrogen) atoms. The first-order valence-electron chi connectivity index (χ1n) is 8.22. The number of hydrogen-bond acceptors (Lipinski definition) is 4. The highest BCUT2D eigenvalue weighted by Gasteiger charge is 2.29. The number of carbonyl (C=O) groups is 1. The van der Waals surface area contributed by atoms with Crippen molar-refractivity contribution in [3.8, 4) is 5.75 Å². The summed E-state index contributed by atoms with van der Waals surface area (Å²) in [5.74, 6) is -0.669. The van der Waals surface area contributed by atoms with Gasteiger partial charge in [0.15, 0.2) is 0 Å². The van der Waals surface area contributed by atoms with E-state index in [0.717, 1.165) is 9.87 Å². The van der Waals surface area contributed by atoms with Crippen LogP contribution < -0.4 is 9.04 Å². The van der Waals surface area contributed by atoms with Crippen LogP contribution in [-0.2, 0) is 14.8 Å². The number of aryl methyl sites for hydroxylation is 3. The minimum Gasteiger partial charge on any atom is -0.494 e. The van der Waals surface area contributed by atoms with Crippen LogP contribution in [0.25, 0.3) is 0 Å². The zero-order valence-corrected chi connectivity index (χ0v) is 16.1. The predicted molar refractivity (Wildman–Crippen MR) is 100 cm³/mol. The van der Waals surface area contributed by atoms with Crippen molar-refractivity contribution in [1.29, 1.82) is 0 Å². The molecule has 0 bridgehead atoms. The first-order chi connectivity index (χ1) is 12.2. The molecule has 0 saturated carbocycles. The maximum atomic E-state index is 13.1. The van der Waals surface area contributed by atoms with Gasteiger partial charge < -0.3 is 9.84 Å². The van der Waals surface area contributed by atoms with Gasteiger partial charge in [-0.15, -0.1) is 0 Å². The molecule has 0 unspecified atom stereocenters. The summed E-state index contributed by atoms with van der Waals surface area (Å²) in [5.41, 5.74) is 2.79. The van der Waals surface area contributed by atoms with Crippen molar-refractivity contribution in [1.82, 2.24) is 0 Å². The number of hydrogen-bond donors (Lipinski definition) is 1. The van der Waals surface area contributed by atoms with Gasteiger partial charge in [-0.1, -0.05) is 17.7 Å². The maximum absolute atomic E-state index is 13.1. The summed E-state index contributed by atoms with van der Waals surface area (Å²) in [7, 11) is -4.04. The lowest BCUT2D eigenvalue weighted by atomic mass is 10.1. The first-order valence-corrected chi connectivity index (χ1v) is 9.66. The monoisotopic (exact) mass is 377 g/mol. The van der Waals surface area contributed by atoms with Crippen LogP contribution in [0, 0.1) is 20.8 Å². The molecule has 2 aromatic rings. The fourth-order valence-corrected chi connectivity index (χ4v) is 4.52. The number of carboxylic acids is 1. The van der Waals surface area contributed by atoms with E-state index < -0.39 is 22.5 Å². The lowest BCUT2D eigenvalue weighted by molar-refractivity contribution is -0.135. The molecule has 2 aromatic carbocycles. The third-order valence-corrected chi connectivity index (χ3v) is 5.65. The Morgan fingerprint density at radius 3 is 2.08 bits per heavy atom. The molecule has 0 amide bonds. The summed E-state index contributed by atoms with van der Waals surface area (Å²) >= 11 is 0. The van der Waals surface area contributed by atoms with E-state index in [0.29, 0.717) is 29.2 Å². The Morgan fingerprint density at radius 2 is 1.62 bits per heavy atom. The van der Waals surface area contributed by atoms with Crippen molar-refractivity contribution in [2.24, 2.45) is 0 Å². The second kappa shape index (κ2) is 7.78. The van der Waals surface area contributed by atoms with E-state index in [4.69, 9.17) is 4.74 Å². The zero-order valence-electron chi connectivity index (χ0n) is 15.3. The molecule has 0 aliphatic rings. The number of carboxylic acid groups (broad SMARTS) is 1. The van der Waals surface area contributed by atoms with E-state index in [1.165, 1.54) is 12.1 Å². The molecule has 2 rings (SSSR count). The molecule has 0 radical (unpaired) electrons. The molecule has 6 nitrogen and oxygen atoms in total. The first kappa shape index (κ1) is 19.8. The minimum absolute atomic E-state index is 0.0154. The molecule has 0 saturated heterocycles. The zero-order chi connectivity index (χ0) is 19.5. The Balaban J connectivity index is 2.57. The average molecular weight is 377 g/mol. The van der Waals surface area contributed by atoms with Gasteiger partial charge in [-0.3, -0.25) is 9.10 Å². The fourth-order valence-electron chi connectivity index (χ4n) is 2.97. The number of aliphatic carboxylic acids is 1. The smallest absolute Gasteiger partial charge is 0.324 e. The molecular weight excluding hydrogens is 354 g/mol. The second-order valence-electron chi connectivity index (χ2n) is 6.06. The molecule has 0 aliphatic heterocycles. The number of nitrogens with zero attached hydrogens (tertiary/aromatic N) is 1. The van der Waals surface area contributed by atoms with Crippen LogP contribution in [0.2, 0.25) is 0 Å². The van der Waals surface area contributed by atoms with Gasteiger partial charge in [0, 0.05) is 0 Å². The SMILES string of the molecule is CCOc1ccc(S(=O)(=O)N(CC(=O)O)c2c(C)cc(C)cc2C)cc1. The van der Waals surface area contributed by atoms with Gasteiger partial charge in [-0.2, -0.15) is 0 Å². The minimum atomic E-state index is -4.04. The van der Waals surface area contributed by atoms with Crippen molar-refractivity contribution in [3.05, 3.63) is 53.1 Å². The molecule has 7 heteroatoms. The third-order valence-electron chi connectivity index (χ3n) is 3.89. The fraction of sp³-hybridized carbons (Fsp3) is 0.316. The van der Waals surface area contributed by atoms with Crippen LogP contribution in [0.5, 0.6) is 5.75 Å². The van der Waals surface area contributed by atoms with Crippen molar-refractivity contribution < 1.29 is 23.1 Å². The standard InChI is InChI=1S/C19H23NO5S/c1-5-25-16-6-8-17(9-7-16)26(23,24)20(12-18(21)22)19-14(3)10-13(2)11-15(19)4/h6-11H,5,12H2,1-4H3,(H,21,22). The summed E-state index contributed by atoms with van der Waals surface area (Å²) in [5, 5.41) is 9.28. The van der Waals surface area contributed by atoms with E-state index in [1.54, 1.807) is 26.0 Å². The number of rotatable bonds is 7. The summed E-state index contributed by atoms with van der Waals surface area (Å²) in [4.78, 5) is 11.4. The van der Waals surface area contributed by atoms with Crippen molar-refractivity contribution >= 4 is 21.7 Å². The molecule has 0 fully saturated rings. The number of anilines is 1. The maximum Gasteiger partial charge on any atom is 0.324 e. The molecule has 0 heterocycles. The van der Waals surface area contributed by atoms with Crippen molar-refractivity contribution in [2.75, 3.05) is 17.5 Å². The Kier molecular flexibility index (Phi) is 5.92. The number of ether oxygens (including phenoxy) is 1. The van der Waals surface area contributed by atoms with Crippen LogP contribution in [0.3, 0.4) is 0 Å². The highest BCUT2D eigenvalue weighted by atomic mass is 32.2.